The van der Waals surface area contributed by atoms with Gasteiger partial charge in [-0.25, -0.2) is 0 Å². The van der Waals surface area contributed by atoms with Crippen molar-refractivity contribution < 1.29 is 9.53 Å². The van der Waals surface area contributed by atoms with Gasteiger partial charge < -0.3 is 4.74 Å². The lowest BCUT2D eigenvalue weighted by Crippen LogP contribution is -2.25. The smallest absolute Gasteiger partial charge is 0.193 e. The summed E-state index contributed by atoms with van der Waals surface area (Å²) in [6, 6.07) is 4.90. The van der Waals surface area contributed by atoms with Crippen molar-refractivity contribution in [2.24, 2.45) is 5.92 Å². The van der Waals surface area contributed by atoms with Crippen LogP contribution in [0, 0.1) is 5.92 Å². The van der Waals surface area contributed by atoms with E-state index in [-0.39, 0.29) is 11.9 Å². The fraction of sp³-hybridized carbons (Fsp3) is 0.417. The molecule has 0 spiro atoms. The molecule has 0 aromatic heterocycles. The molecule has 0 bridgehead atoms. The van der Waals surface area contributed by atoms with Crippen LogP contribution in [0.3, 0.4) is 0 Å². The van der Waals surface area contributed by atoms with E-state index in [0.29, 0.717) is 21.5 Å². The molecule has 1 saturated carbocycles. The normalized spacial score (nSPS) is 17.2. The van der Waals surface area contributed by atoms with Gasteiger partial charge in [-0.3, -0.25) is 4.79 Å². The van der Waals surface area contributed by atoms with E-state index in [1.165, 1.54) is 0 Å². The molecule has 1 fully saturated rings. The average Bonchev–Trinajstić information content (AvgIpc) is 3.07. The van der Waals surface area contributed by atoms with Gasteiger partial charge in [-0.05, 0) is 37.0 Å². The Morgan fingerprint density at radius 2 is 2.12 bits per heavy atom. The molecule has 1 aliphatic carbocycles. The fourth-order valence-electron chi connectivity index (χ4n) is 1.75. The second kappa shape index (κ2) is 4.74. The minimum absolute atomic E-state index is 0.0718. The highest BCUT2D eigenvalue weighted by Gasteiger charge is 2.37. The van der Waals surface area contributed by atoms with Crippen LogP contribution >= 0.6 is 23.2 Å². The van der Waals surface area contributed by atoms with Gasteiger partial charge in [0.05, 0.1) is 5.02 Å². The van der Waals surface area contributed by atoms with Crippen LogP contribution in [0.4, 0.5) is 0 Å². The average molecular weight is 259 g/mol. The summed E-state index contributed by atoms with van der Waals surface area (Å²) in [5, 5.41) is 0.940. The van der Waals surface area contributed by atoms with Gasteiger partial charge >= 0.3 is 0 Å². The molecule has 1 aromatic carbocycles. The molecule has 0 N–H and O–H groups in total. The first-order valence-electron chi connectivity index (χ1n) is 5.15. The highest BCUT2D eigenvalue weighted by Crippen LogP contribution is 2.36. The minimum Gasteiger partial charge on any atom is -0.373 e. The third-order valence-electron chi connectivity index (χ3n) is 2.76. The second-order valence-corrected chi connectivity index (χ2v) is 4.83. The molecule has 0 saturated heterocycles. The number of carbonyl (C=O) groups excluding carboxylic acids is 1. The molecule has 86 valence electrons. The summed E-state index contributed by atoms with van der Waals surface area (Å²) in [4.78, 5) is 12.2. The SMILES string of the molecule is COC(C(=O)c1cc(Cl)ccc1Cl)C1CC1. The van der Waals surface area contributed by atoms with Crippen molar-refractivity contribution >= 4 is 29.0 Å². The predicted molar refractivity (Wildman–Crippen MR) is 64.3 cm³/mol. The molecule has 0 amide bonds. The zero-order valence-electron chi connectivity index (χ0n) is 8.87. The molecule has 1 unspecified atom stereocenters. The van der Waals surface area contributed by atoms with Crippen LogP contribution in [0.1, 0.15) is 23.2 Å². The highest BCUT2D eigenvalue weighted by atomic mass is 35.5. The van der Waals surface area contributed by atoms with E-state index in [4.69, 9.17) is 27.9 Å². The molecular weight excluding hydrogens is 247 g/mol. The van der Waals surface area contributed by atoms with E-state index in [2.05, 4.69) is 0 Å². The standard InChI is InChI=1S/C12H12Cl2O2/c1-16-12(7-2-3-7)11(15)9-6-8(13)4-5-10(9)14/h4-7,12H,2-3H2,1H3. The van der Waals surface area contributed by atoms with E-state index in [9.17, 15) is 4.79 Å². The Balaban J connectivity index is 2.28. The van der Waals surface area contributed by atoms with Crippen molar-refractivity contribution in [3.05, 3.63) is 33.8 Å². The lowest BCUT2D eigenvalue weighted by molar-refractivity contribution is 0.0540. The first-order valence-corrected chi connectivity index (χ1v) is 5.91. The van der Waals surface area contributed by atoms with Crippen LogP contribution < -0.4 is 0 Å². The van der Waals surface area contributed by atoms with E-state index in [1.807, 2.05) is 0 Å². The summed E-state index contributed by atoms with van der Waals surface area (Å²) < 4.78 is 5.23. The van der Waals surface area contributed by atoms with Gasteiger partial charge in [0.25, 0.3) is 0 Å². The van der Waals surface area contributed by atoms with Crippen molar-refractivity contribution in [1.82, 2.24) is 0 Å². The topological polar surface area (TPSA) is 26.3 Å². The van der Waals surface area contributed by atoms with Crippen molar-refractivity contribution in [1.29, 1.82) is 0 Å². The van der Waals surface area contributed by atoms with Gasteiger partial charge in [0, 0.05) is 17.7 Å². The third-order valence-corrected chi connectivity index (χ3v) is 3.32. The first kappa shape index (κ1) is 11.9. The summed E-state index contributed by atoms with van der Waals surface area (Å²) in [7, 11) is 1.55. The zero-order chi connectivity index (χ0) is 11.7. The number of methoxy groups -OCH3 is 1. The Morgan fingerprint density at radius 1 is 1.44 bits per heavy atom. The number of rotatable bonds is 4. The monoisotopic (exact) mass is 258 g/mol. The Bertz CT molecular complexity index is 413. The first-order chi connectivity index (χ1) is 7.63. The van der Waals surface area contributed by atoms with Crippen molar-refractivity contribution in [3.63, 3.8) is 0 Å². The molecule has 1 aromatic rings. The minimum atomic E-state index is -0.379. The predicted octanol–water partition coefficient (Wildman–Crippen LogP) is 3.60. The van der Waals surface area contributed by atoms with E-state index in [0.717, 1.165) is 12.8 Å². The van der Waals surface area contributed by atoms with Crippen LogP contribution in [-0.4, -0.2) is 19.0 Å². The van der Waals surface area contributed by atoms with Gasteiger partial charge in [-0.15, -0.1) is 0 Å². The highest BCUT2D eigenvalue weighted by molar-refractivity contribution is 6.36. The Hall–Kier alpha value is -0.570. The maximum absolute atomic E-state index is 12.2. The molecule has 2 rings (SSSR count). The van der Waals surface area contributed by atoms with Crippen LogP contribution in [0.15, 0.2) is 18.2 Å². The van der Waals surface area contributed by atoms with Gasteiger partial charge in [0.1, 0.15) is 6.10 Å². The third kappa shape index (κ3) is 2.40. The summed E-state index contributed by atoms with van der Waals surface area (Å²) >= 11 is 11.8. The van der Waals surface area contributed by atoms with Gasteiger partial charge in [0.2, 0.25) is 0 Å². The number of benzene rings is 1. The number of halogens is 2. The maximum Gasteiger partial charge on any atom is 0.193 e. The van der Waals surface area contributed by atoms with Crippen LogP contribution in [0.5, 0.6) is 0 Å². The summed E-state index contributed by atoms with van der Waals surface area (Å²) in [6.07, 6.45) is 1.71. The molecule has 0 heterocycles. The lowest BCUT2D eigenvalue weighted by atomic mass is 10.0. The second-order valence-electron chi connectivity index (χ2n) is 3.98. The number of ether oxygens (including phenoxy) is 1. The summed E-state index contributed by atoms with van der Waals surface area (Å²) in [5.74, 6) is 0.269. The number of hydrogen-bond acceptors (Lipinski definition) is 2. The molecule has 0 aliphatic heterocycles. The molecule has 2 nitrogen and oxygen atoms in total. The molecule has 1 aliphatic rings. The van der Waals surface area contributed by atoms with Crippen molar-refractivity contribution in [2.45, 2.75) is 18.9 Å². The number of ketones is 1. The Kier molecular flexibility index (Phi) is 3.53. The Labute approximate surface area is 104 Å². The number of Topliss-reactive ketones (excluding diaryl/α,β-unsaturated/α-hetero) is 1. The van der Waals surface area contributed by atoms with Crippen LogP contribution in [0.2, 0.25) is 10.0 Å². The summed E-state index contributed by atoms with van der Waals surface area (Å²) in [6.45, 7) is 0. The molecule has 16 heavy (non-hydrogen) atoms. The van der Waals surface area contributed by atoms with Gasteiger partial charge in [-0.2, -0.15) is 0 Å². The van der Waals surface area contributed by atoms with E-state index >= 15 is 0 Å². The van der Waals surface area contributed by atoms with E-state index < -0.39 is 0 Å². The molecule has 4 heteroatoms. The largest absolute Gasteiger partial charge is 0.373 e. The molecule has 0 radical (unpaired) electrons. The summed E-state index contributed by atoms with van der Waals surface area (Å²) in [5.41, 5.74) is 0.452. The van der Waals surface area contributed by atoms with Crippen molar-refractivity contribution in [2.75, 3.05) is 7.11 Å². The van der Waals surface area contributed by atoms with Crippen LogP contribution in [0.25, 0.3) is 0 Å². The molecular formula is C12H12Cl2O2. The quantitative estimate of drug-likeness (QED) is 0.772. The number of hydrogen-bond donors (Lipinski definition) is 0. The zero-order valence-corrected chi connectivity index (χ0v) is 10.4. The van der Waals surface area contributed by atoms with Crippen molar-refractivity contribution in [3.8, 4) is 0 Å². The van der Waals surface area contributed by atoms with E-state index in [1.54, 1.807) is 25.3 Å². The maximum atomic E-state index is 12.2. The lowest BCUT2D eigenvalue weighted by Gasteiger charge is -2.14. The molecule has 1 atom stereocenters. The van der Waals surface area contributed by atoms with Gasteiger partial charge in [-0.1, -0.05) is 23.2 Å². The van der Waals surface area contributed by atoms with Gasteiger partial charge in [0.15, 0.2) is 5.78 Å². The van der Waals surface area contributed by atoms with Crippen LogP contribution in [-0.2, 0) is 4.74 Å². The Morgan fingerprint density at radius 3 is 2.69 bits per heavy atom. The fourth-order valence-corrected chi connectivity index (χ4v) is 2.13. The number of carbonyl (C=O) groups is 1.